The molecule has 0 unspecified atom stereocenters. The molecule has 0 aliphatic carbocycles. The second-order valence-corrected chi connectivity index (χ2v) is 6.43. The van der Waals surface area contributed by atoms with Crippen molar-refractivity contribution >= 4 is 28.9 Å². The quantitative estimate of drug-likeness (QED) is 0.638. The van der Waals surface area contributed by atoms with Gasteiger partial charge in [-0.25, -0.2) is 19.2 Å². The number of hydrogen-bond acceptors (Lipinski definition) is 6. The molecule has 3 rings (SSSR count). The average molecular weight is 396 g/mol. The van der Waals surface area contributed by atoms with E-state index in [4.69, 9.17) is 10.5 Å². The van der Waals surface area contributed by atoms with E-state index in [0.29, 0.717) is 5.69 Å². The van der Waals surface area contributed by atoms with Crippen molar-refractivity contribution < 1.29 is 13.9 Å². The summed E-state index contributed by atoms with van der Waals surface area (Å²) < 4.78 is 19.3. The van der Waals surface area contributed by atoms with Crippen LogP contribution in [0.1, 0.15) is 0 Å². The van der Waals surface area contributed by atoms with Crippen LogP contribution in [0.2, 0.25) is 0 Å². The molecule has 3 aromatic rings. The predicted molar refractivity (Wildman–Crippen MR) is 111 cm³/mol. The first kappa shape index (κ1) is 19.9. The number of nitrogens with zero attached hydrogens (tertiary/aromatic N) is 4. The number of urea groups is 1. The zero-order valence-electron chi connectivity index (χ0n) is 16.3. The number of nitrogens with one attached hydrogen (secondary N) is 1. The topological polar surface area (TPSA) is 96.6 Å². The van der Waals surface area contributed by atoms with E-state index < -0.39 is 11.8 Å². The minimum Gasteiger partial charge on any atom is -0.436 e. The van der Waals surface area contributed by atoms with Crippen molar-refractivity contribution in [1.29, 1.82) is 0 Å². The highest BCUT2D eigenvalue weighted by Gasteiger charge is 2.13. The smallest absolute Gasteiger partial charge is 0.327 e. The second kappa shape index (κ2) is 8.42. The zero-order chi connectivity index (χ0) is 21.0. The van der Waals surface area contributed by atoms with Crippen molar-refractivity contribution in [2.24, 2.45) is 0 Å². The third-order valence-electron chi connectivity index (χ3n) is 4.11. The molecule has 2 amide bonds. The molecule has 0 fully saturated rings. The maximum absolute atomic E-state index is 13.9. The van der Waals surface area contributed by atoms with E-state index in [-0.39, 0.29) is 23.1 Å². The summed E-state index contributed by atoms with van der Waals surface area (Å²) in [6.45, 7) is 0. The number of rotatable bonds is 5. The van der Waals surface area contributed by atoms with Crippen molar-refractivity contribution in [3.8, 4) is 11.6 Å². The highest BCUT2D eigenvalue weighted by molar-refractivity contribution is 6.00. The van der Waals surface area contributed by atoms with Gasteiger partial charge in [-0.05, 0) is 36.4 Å². The fraction of sp³-hybridized carbons (Fsp3) is 0.150. The number of anilines is 4. The Morgan fingerprint density at radius 2 is 1.72 bits per heavy atom. The molecular weight excluding hydrogens is 375 g/mol. The lowest BCUT2D eigenvalue weighted by atomic mass is 10.2. The summed E-state index contributed by atoms with van der Waals surface area (Å²) in [6.07, 6.45) is 1.21. The maximum atomic E-state index is 13.9. The van der Waals surface area contributed by atoms with Crippen molar-refractivity contribution in [2.45, 2.75) is 0 Å². The van der Waals surface area contributed by atoms with Gasteiger partial charge in [0.05, 0.1) is 0 Å². The minimum absolute atomic E-state index is 0.0340. The standard InChI is InChI=1S/C20H21FN6O2/c1-26(2)14-5-7-15(8-6-14)27(3)20(28)25-18-11-19(24-12-23-18)29-17-9-4-13(22)10-16(17)21/h4-12H,22H2,1-3H3,(H,23,24,25,28). The molecule has 0 bridgehead atoms. The van der Waals surface area contributed by atoms with Gasteiger partial charge in [0.2, 0.25) is 5.88 Å². The van der Waals surface area contributed by atoms with Gasteiger partial charge in [-0.15, -0.1) is 0 Å². The van der Waals surface area contributed by atoms with Gasteiger partial charge in [0.1, 0.15) is 12.1 Å². The first-order valence-electron chi connectivity index (χ1n) is 8.70. The van der Waals surface area contributed by atoms with E-state index in [1.165, 1.54) is 29.4 Å². The average Bonchev–Trinajstić information content (AvgIpc) is 2.70. The summed E-state index contributed by atoms with van der Waals surface area (Å²) in [5.41, 5.74) is 7.54. The molecule has 0 aliphatic heterocycles. The normalized spacial score (nSPS) is 10.3. The van der Waals surface area contributed by atoms with Gasteiger partial charge >= 0.3 is 6.03 Å². The maximum Gasteiger partial charge on any atom is 0.327 e. The Morgan fingerprint density at radius 3 is 2.38 bits per heavy atom. The molecule has 0 spiro atoms. The van der Waals surface area contributed by atoms with E-state index >= 15 is 0 Å². The van der Waals surface area contributed by atoms with Gasteiger partial charge in [0, 0.05) is 50.3 Å². The molecule has 0 aliphatic rings. The summed E-state index contributed by atoms with van der Waals surface area (Å²) >= 11 is 0. The van der Waals surface area contributed by atoms with Crippen LogP contribution < -0.4 is 25.6 Å². The number of carbonyl (C=O) groups is 1. The number of aromatic nitrogens is 2. The molecule has 1 aromatic heterocycles. The third kappa shape index (κ3) is 4.89. The van der Waals surface area contributed by atoms with Gasteiger partial charge < -0.3 is 15.4 Å². The fourth-order valence-corrected chi connectivity index (χ4v) is 2.46. The van der Waals surface area contributed by atoms with Crippen LogP contribution in [0.15, 0.2) is 54.9 Å². The SMILES string of the molecule is CN(C)c1ccc(N(C)C(=O)Nc2cc(Oc3ccc(N)cc3F)ncn2)cc1. The molecule has 1 heterocycles. The first-order chi connectivity index (χ1) is 13.8. The molecule has 0 saturated heterocycles. The largest absolute Gasteiger partial charge is 0.436 e. The summed E-state index contributed by atoms with van der Waals surface area (Å²) in [6, 6.07) is 12.6. The Balaban J connectivity index is 1.69. The van der Waals surface area contributed by atoms with Gasteiger partial charge in [0.15, 0.2) is 11.6 Å². The van der Waals surface area contributed by atoms with Gasteiger partial charge in [-0.3, -0.25) is 10.2 Å². The van der Waals surface area contributed by atoms with Crippen LogP contribution >= 0.6 is 0 Å². The van der Waals surface area contributed by atoms with Crippen molar-refractivity contribution in [3.63, 3.8) is 0 Å². The summed E-state index contributed by atoms with van der Waals surface area (Å²) in [5.74, 6) is -0.354. The summed E-state index contributed by atoms with van der Waals surface area (Å²) in [4.78, 5) is 23.9. The first-order valence-corrected chi connectivity index (χ1v) is 8.70. The number of nitrogens with two attached hydrogens (primary N) is 1. The van der Waals surface area contributed by atoms with Crippen LogP contribution in [0.4, 0.5) is 32.1 Å². The number of amides is 2. The lowest BCUT2D eigenvalue weighted by molar-refractivity contribution is 0.258. The monoisotopic (exact) mass is 396 g/mol. The van der Waals surface area contributed by atoms with Crippen molar-refractivity contribution in [3.05, 3.63) is 60.7 Å². The lowest BCUT2D eigenvalue weighted by Gasteiger charge is -2.19. The van der Waals surface area contributed by atoms with Crippen LogP contribution in [0, 0.1) is 5.82 Å². The number of nitrogen functional groups attached to an aromatic ring is 1. The van der Waals surface area contributed by atoms with Crippen LogP contribution in [0.5, 0.6) is 11.6 Å². The Morgan fingerprint density at radius 1 is 1.03 bits per heavy atom. The lowest BCUT2D eigenvalue weighted by Crippen LogP contribution is -2.31. The van der Waals surface area contributed by atoms with E-state index in [2.05, 4.69) is 15.3 Å². The fourth-order valence-electron chi connectivity index (χ4n) is 2.46. The van der Waals surface area contributed by atoms with Crippen LogP contribution in [0.3, 0.4) is 0 Å². The van der Waals surface area contributed by atoms with Crippen molar-refractivity contribution in [1.82, 2.24) is 9.97 Å². The van der Waals surface area contributed by atoms with Crippen LogP contribution in [0.25, 0.3) is 0 Å². The molecule has 8 nitrogen and oxygen atoms in total. The molecule has 0 atom stereocenters. The number of hydrogen-bond donors (Lipinski definition) is 2. The molecule has 9 heteroatoms. The molecular formula is C20H21FN6O2. The Hall–Kier alpha value is -3.88. The molecule has 0 radical (unpaired) electrons. The van der Waals surface area contributed by atoms with Gasteiger partial charge in [0.25, 0.3) is 0 Å². The van der Waals surface area contributed by atoms with E-state index in [9.17, 15) is 9.18 Å². The second-order valence-electron chi connectivity index (χ2n) is 6.43. The summed E-state index contributed by atoms with van der Waals surface area (Å²) in [7, 11) is 5.52. The molecule has 29 heavy (non-hydrogen) atoms. The number of benzene rings is 2. The minimum atomic E-state index is -0.616. The number of carbonyl (C=O) groups excluding carboxylic acids is 1. The number of ether oxygens (including phenoxy) is 1. The van der Waals surface area contributed by atoms with E-state index in [0.717, 1.165) is 11.8 Å². The van der Waals surface area contributed by atoms with Gasteiger partial charge in [-0.1, -0.05) is 0 Å². The van der Waals surface area contributed by atoms with Crippen molar-refractivity contribution in [2.75, 3.05) is 42.0 Å². The highest BCUT2D eigenvalue weighted by atomic mass is 19.1. The predicted octanol–water partition coefficient (Wildman–Crippen LogP) is 3.72. The van der Waals surface area contributed by atoms with Crippen LogP contribution in [-0.4, -0.2) is 37.1 Å². The zero-order valence-corrected chi connectivity index (χ0v) is 16.3. The van der Waals surface area contributed by atoms with E-state index in [1.54, 1.807) is 7.05 Å². The summed E-state index contributed by atoms with van der Waals surface area (Å²) in [5, 5.41) is 2.66. The molecule has 2 aromatic carbocycles. The van der Waals surface area contributed by atoms with E-state index in [1.807, 2.05) is 43.3 Å². The van der Waals surface area contributed by atoms with Crippen LogP contribution in [-0.2, 0) is 0 Å². The van der Waals surface area contributed by atoms with Gasteiger partial charge in [-0.2, -0.15) is 0 Å². The third-order valence-corrected chi connectivity index (χ3v) is 4.11. The highest BCUT2D eigenvalue weighted by Crippen LogP contribution is 2.25. The Kier molecular flexibility index (Phi) is 5.77. The number of halogens is 1. The molecule has 3 N–H and O–H groups in total. The Labute approximate surface area is 167 Å². The molecule has 150 valence electrons. The Bertz CT molecular complexity index is 1010. The molecule has 0 saturated carbocycles.